The molecule has 12 heteroatoms. The molecule has 1 aromatic carbocycles. The van der Waals surface area contributed by atoms with Gasteiger partial charge >= 0.3 is 0 Å². The van der Waals surface area contributed by atoms with E-state index in [0.29, 0.717) is 18.9 Å². The number of alkyl halides is 1. The summed E-state index contributed by atoms with van der Waals surface area (Å²) in [5.41, 5.74) is 7.30. The Hall–Kier alpha value is -3.09. The molecule has 4 rings (SSSR count). The number of halogens is 1. The average molecular weight is 576 g/mol. The Morgan fingerprint density at radius 2 is 2.05 bits per heavy atom. The maximum Gasteiger partial charge on any atom is 0.258 e. The van der Waals surface area contributed by atoms with Gasteiger partial charge in [-0.3, -0.25) is 14.4 Å². The number of aromatic nitrogens is 1. The molecule has 1 saturated heterocycles. The van der Waals surface area contributed by atoms with Crippen LogP contribution < -0.4 is 21.1 Å². The van der Waals surface area contributed by atoms with Crippen molar-refractivity contribution in [2.75, 3.05) is 19.7 Å². The minimum atomic E-state index is -1.94. The minimum Gasteiger partial charge on any atom is -0.492 e. The second kappa shape index (κ2) is 11.8. The van der Waals surface area contributed by atoms with Crippen molar-refractivity contribution in [2.24, 2.45) is 11.1 Å². The number of hydrogen-bond acceptors (Lipinski definition) is 8. The molecule has 2 aliphatic rings. The predicted octanol–water partition coefficient (Wildman–Crippen LogP) is 2.07. The van der Waals surface area contributed by atoms with Crippen LogP contribution in [0.25, 0.3) is 10.4 Å². The maximum absolute atomic E-state index is 14.4. The fraction of sp³-hybridized carbons (Fsp3) is 0.571. The maximum atomic E-state index is 14.4. The van der Waals surface area contributed by atoms with E-state index in [-0.39, 0.29) is 32.4 Å². The van der Waals surface area contributed by atoms with Crippen LogP contribution in [0.15, 0.2) is 23.7 Å². The van der Waals surface area contributed by atoms with Crippen molar-refractivity contribution in [3.63, 3.8) is 0 Å². The van der Waals surface area contributed by atoms with Crippen LogP contribution in [-0.4, -0.2) is 76.3 Å². The molecule has 10 nitrogen and oxygen atoms in total. The number of benzene rings is 1. The number of hydrogen-bond donors (Lipinski definition) is 4. The van der Waals surface area contributed by atoms with Crippen LogP contribution in [0.1, 0.15) is 51.3 Å². The first-order chi connectivity index (χ1) is 18.8. The molecule has 2 unspecified atom stereocenters. The summed E-state index contributed by atoms with van der Waals surface area (Å²) in [5.74, 6) is -1.21. The van der Waals surface area contributed by atoms with Crippen LogP contribution in [-0.2, 0) is 20.9 Å². The Morgan fingerprint density at radius 3 is 2.65 bits per heavy atom. The topological polar surface area (TPSA) is 147 Å². The standard InChI is InChI=1S/C28H38FN5O5S/c1-16-22(40-15-32-16)17-5-6-18(21(11-17)39-10-9-30)13-31-24(36)20-12-19(35)14-34(20)25(37)23(27(2,3)4)33-26(38)28(29)7-8-28/h5-6,11,15,19-20,23,35H,7-10,12-14,30H2,1-4H3,(H,31,36)(H,33,38)/t19?,20?,23-/m1/s1. The molecule has 3 atom stereocenters. The number of ether oxygens (including phenoxy) is 1. The SMILES string of the molecule is Cc1ncsc1-c1ccc(CNC(=O)C2CC(O)CN2C(=O)[C@@H](NC(=O)C2(F)CC2)C(C)(C)C)c(OCCN)c1. The Kier molecular flexibility index (Phi) is 8.81. The number of aryl methyl sites for hydroxylation is 1. The summed E-state index contributed by atoms with van der Waals surface area (Å²) in [6.07, 6.45) is -0.606. The fourth-order valence-corrected chi connectivity index (χ4v) is 5.54. The van der Waals surface area contributed by atoms with Gasteiger partial charge in [0.05, 0.1) is 22.2 Å². The zero-order valence-corrected chi connectivity index (χ0v) is 24.1. The van der Waals surface area contributed by atoms with Crippen molar-refractivity contribution >= 4 is 29.1 Å². The lowest BCUT2D eigenvalue weighted by atomic mass is 9.85. The van der Waals surface area contributed by atoms with Gasteiger partial charge in [-0.25, -0.2) is 9.37 Å². The second-order valence-electron chi connectivity index (χ2n) is 11.6. The van der Waals surface area contributed by atoms with Crippen molar-refractivity contribution in [1.82, 2.24) is 20.5 Å². The van der Waals surface area contributed by atoms with Gasteiger partial charge in [-0.2, -0.15) is 0 Å². The lowest BCUT2D eigenvalue weighted by Crippen LogP contribution is -2.59. The number of thiazole rings is 1. The Morgan fingerprint density at radius 1 is 1.32 bits per heavy atom. The average Bonchev–Trinajstić information content (AvgIpc) is 3.31. The van der Waals surface area contributed by atoms with Crippen molar-refractivity contribution in [2.45, 2.75) is 77.4 Å². The normalized spacial score (nSPS) is 20.6. The highest BCUT2D eigenvalue weighted by atomic mass is 32.1. The van der Waals surface area contributed by atoms with Gasteiger partial charge in [-0.05, 0) is 36.8 Å². The van der Waals surface area contributed by atoms with E-state index in [1.165, 1.54) is 16.2 Å². The molecule has 0 radical (unpaired) electrons. The van der Waals surface area contributed by atoms with Gasteiger partial charge in [0.2, 0.25) is 11.8 Å². The van der Waals surface area contributed by atoms with Gasteiger partial charge in [0.15, 0.2) is 5.67 Å². The smallest absolute Gasteiger partial charge is 0.258 e. The van der Waals surface area contributed by atoms with Crippen molar-refractivity contribution in [3.05, 3.63) is 35.0 Å². The van der Waals surface area contributed by atoms with Crippen LogP contribution in [0.5, 0.6) is 5.75 Å². The molecule has 1 saturated carbocycles. The number of β-amino-alcohol motifs (C(OH)–C–C–N with tert-alkyl or cyclic N) is 1. The van der Waals surface area contributed by atoms with Crippen molar-refractivity contribution in [1.29, 1.82) is 0 Å². The van der Waals surface area contributed by atoms with Crippen LogP contribution in [0.2, 0.25) is 0 Å². The van der Waals surface area contributed by atoms with Gasteiger partial charge in [0.25, 0.3) is 5.91 Å². The minimum absolute atomic E-state index is 0.0511. The third kappa shape index (κ3) is 6.61. The highest BCUT2D eigenvalue weighted by Crippen LogP contribution is 2.40. The first kappa shape index (κ1) is 29.9. The van der Waals surface area contributed by atoms with Crippen LogP contribution >= 0.6 is 11.3 Å². The molecular formula is C28H38FN5O5S. The number of nitrogens with zero attached hydrogens (tertiary/aromatic N) is 2. The predicted molar refractivity (Wildman–Crippen MR) is 149 cm³/mol. The molecule has 2 aromatic rings. The summed E-state index contributed by atoms with van der Waals surface area (Å²) in [6.45, 7) is 7.89. The summed E-state index contributed by atoms with van der Waals surface area (Å²) in [6, 6.07) is 3.68. The number of aliphatic hydroxyl groups excluding tert-OH is 1. The van der Waals surface area contributed by atoms with E-state index in [4.69, 9.17) is 10.5 Å². The van der Waals surface area contributed by atoms with E-state index in [9.17, 15) is 23.9 Å². The molecule has 1 aromatic heterocycles. The summed E-state index contributed by atoms with van der Waals surface area (Å²) in [7, 11) is 0. The third-order valence-corrected chi connectivity index (χ3v) is 8.23. The van der Waals surface area contributed by atoms with E-state index in [2.05, 4.69) is 15.6 Å². The Bertz CT molecular complexity index is 1260. The molecule has 218 valence electrons. The first-order valence-electron chi connectivity index (χ1n) is 13.5. The summed E-state index contributed by atoms with van der Waals surface area (Å²) < 4.78 is 20.3. The zero-order chi connectivity index (χ0) is 29.2. The van der Waals surface area contributed by atoms with E-state index in [1.807, 2.05) is 25.1 Å². The molecule has 5 N–H and O–H groups in total. The van der Waals surface area contributed by atoms with Crippen LogP contribution in [0, 0.1) is 12.3 Å². The molecule has 3 amide bonds. The number of nitrogens with one attached hydrogen (secondary N) is 2. The zero-order valence-electron chi connectivity index (χ0n) is 23.3. The quantitative estimate of drug-likeness (QED) is 0.339. The summed E-state index contributed by atoms with van der Waals surface area (Å²) >= 11 is 1.52. The number of amides is 3. The third-order valence-electron chi connectivity index (χ3n) is 7.25. The molecule has 0 spiro atoms. The fourth-order valence-electron chi connectivity index (χ4n) is 4.74. The number of nitrogens with two attached hydrogens (primary N) is 1. The number of likely N-dealkylation sites (tertiary alicyclic amines) is 1. The van der Waals surface area contributed by atoms with Gasteiger partial charge in [0, 0.05) is 31.6 Å². The summed E-state index contributed by atoms with van der Waals surface area (Å²) in [4.78, 5) is 46.0. The highest BCUT2D eigenvalue weighted by Gasteiger charge is 2.53. The van der Waals surface area contributed by atoms with E-state index in [0.717, 1.165) is 21.7 Å². The molecule has 0 bridgehead atoms. The van der Waals surface area contributed by atoms with Gasteiger partial charge in [0.1, 0.15) is 24.4 Å². The second-order valence-corrected chi connectivity index (χ2v) is 12.4. The van der Waals surface area contributed by atoms with Gasteiger partial charge in [-0.15, -0.1) is 11.3 Å². The number of rotatable bonds is 10. The Balaban J connectivity index is 1.49. The largest absolute Gasteiger partial charge is 0.492 e. The monoisotopic (exact) mass is 575 g/mol. The molecular weight excluding hydrogens is 537 g/mol. The van der Waals surface area contributed by atoms with E-state index in [1.54, 1.807) is 26.3 Å². The van der Waals surface area contributed by atoms with Crippen molar-refractivity contribution < 1.29 is 28.6 Å². The van der Waals surface area contributed by atoms with Gasteiger partial charge < -0.3 is 31.1 Å². The molecule has 1 aliphatic carbocycles. The lowest BCUT2D eigenvalue weighted by Gasteiger charge is -2.35. The number of carbonyl (C=O) groups is 3. The number of carbonyl (C=O) groups excluding carboxylic acids is 3. The summed E-state index contributed by atoms with van der Waals surface area (Å²) in [5, 5.41) is 15.8. The highest BCUT2D eigenvalue weighted by molar-refractivity contribution is 7.13. The van der Waals surface area contributed by atoms with Crippen molar-refractivity contribution in [3.8, 4) is 16.2 Å². The molecule has 2 fully saturated rings. The van der Waals surface area contributed by atoms with Gasteiger partial charge in [-0.1, -0.05) is 32.9 Å². The van der Waals surface area contributed by atoms with E-state index >= 15 is 0 Å². The molecule has 2 heterocycles. The first-order valence-corrected chi connectivity index (χ1v) is 14.3. The Labute approximate surface area is 237 Å². The lowest BCUT2D eigenvalue weighted by molar-refractivity contribution is -0.145. The number of aliphatic hydroxyl groups is 1. The van der Waals surface area contributed by atoms with Crippen LogP contribution in [0.3, 0.4) is 0 Å². The molecule has 40 heavy (non-hydrogen) atoms. The molecule has 1 aliphatic heterocycles. The van der Waals surface area contributed by atoms with Crippen LogP contribution in [0.4, 0.5) is 4.39 Å². The van der Waals surface area contributed by atoms with E-state index < -0.39 is 47.0 Å².